The van der Waals surface area contributed by atoms with Gasteiger partial charge in [0.1, 0.15) is 23.2 Å². The minimum absolute atomic E-state index is 0.0875. The van der Waals surface area contributed by atoms with Gasteiger partial charge in [0.2, 0.25) is 0 Å². The van der Waals surface area contributed by atoms with Crippen molar-refractivity contribution in [2.24, 2.45) is 0 Å². The molecule has 4 nitrogen and oxygen atoms in total. The van der Waals surface area contributed by atoms with Crippen molar-refractivity contribution in [3.05, 3.63) is 48.2 Å². The number of nitrogens with zero attached hydrogens (tertiary/aromatic N) is 2. The van der Waals surface area contributed by atoms with Crippen LogP contribution < -0.4 is 0 Å². The number of ether oxygens (including phenoxy) is 1. The number of halogens is 1. The van der Waals surface area contributed by atoms with E-state index in [1.807, 2.05) is 43.3 Å². The normalized spacial score (nSPS) is 13.1. The molecule has 25 heavy (non-hydrogen) atoms. The average Bonchev–Trinajstić information content (AvgIpc) is 2.66. The van der Waals surface area contributed by atoms with Crippen LogP contribution in [0.25, 0.3) is 11.3 Å². The monoisotopic (exact) mass is 378 g/mol. The Morgan fingerprint density at radius 3 is 2.60 bits per heavy atom. The zero-order valence-electron chi connectivity index (χ0n) is 14.6. The summed E-state index contributed by atoms with van der Waals surface area (Å²) in [6, 6.07) is 11.8. The second-order valence-electron chi connectivity index (χ2n) is 6.13. The molecule has 0 radical (unpaired) electrons. The van der Waals surface area contributed by atoms with Crippen LogP contribution in [0.2, 0.25) is 0 Å². The summed E-state index contributed by atoms with van der Waals surface area (Å²) in [4.78, 5) is 0. The summed E-state index contributed by atoms with van der Waals surface area (Å²) in [5.41, 5.74) is 1.98. The molecule has 1 heterocycles. The molecule has 0 saturated carbocycles. The van der Waals surface area contributed by atoms with Crippen molar-refractivity contribution in [3.63, 3.8) is 0 Å². The average molecular weight is 379 g/mol. The second-order valence-corrected chi connectivity index (χ2v) is 6.62. The van der Waals surface area contributed by atoms with Crippen molar-refractivity contribution in [2.45, 2.75) is 51.6 Å². The van der Waals surface area contributed by atoms with E-state index >= 15 is 0 Å². The molecule has 0 amide bonds. The molecule has 2 rings (SSSR count). The highest BCUT2D eigenvalue weighted by atomic mass is 35.5. The fourth-order valence-electron chi connectivity index (χ4n) is 2.90. The Hall–Kier alpha value is -1.72. The lowest BCUT2D eigenvalue weighted by molar-refractivity contribution is 0.0425. The van der Waals surface area contributed by atoms with Crippen molar-refractivity contribution in [2.75, 3.05) is 0 Å². The molecule has 1 atom stereocenters. The number of benzene rings is 1. The first-order chi connectivity index (χ1) is 12.1. The maximum absolute atomic E-state index is 5.93. The van der Waals surface area contributed by atoms with Gasteiger partial charge in [-0.3, -0.25) is 0 Å². The molecule has 2 aromatic rings. The van der Waals surface area contributed by atoms with Crippen molar-refractivity contribution in [1.82, 2.24) is 10.2 Å². The fourth-order valence-corrected chi connectivity index (χ4v) is 3.11. The van der Waals surface area contributed by atoms with E-state index in [9.17, 15) is 0 Å². The van der Waals surface area contributed by atoms with Crippen LogP contribution >= 0.6 is 24.1 Å². The smallest absolute Gasteiger partial charge is 0.371 e. The van der Waals surface area contributed by atoms with E-state index in [0.29, 0.717) is 0 Å². The Morgan fingerprint density at radius 2 is 1.92 bits per heavy atom. The Labute approximate surface area is 159 Å². The van der Waals surface area contributed by atoms with Gasteiger partial charge in [-0.25, -0.2) is 0 Å². The third kappa shape index (κ3) is 5.38. The summed E-state index contributed by atoms with van der Waals surface area (Å²) in [6.45, 7) is 4.18. The summed E-state index contributed by atoms with van der Waals surface area (Å²) in [5, 5.41) is 8.31. The maximum Gasteiger partial charge on any atom is 0.371 e. The Kier molecular flexibility index (Phi) is 7.59. The zero-order valence-corrected chi connectivity index (χ0v) is 16.1. The van der Waals surface area contributed by atoms with Crippen LogP contribution in [0.4, 0.5) is 0 Å². The van der Waals surface area contributed by atoms with E-state index in [1.54, 1.807) is 6.20 Å². The number of unbranched alkanes of at least 4 members (excludes halogenated alkanes) is 3. The van der Waals surface area contributed by atoms with Crippen LogP contribution in [0, 0.1) is 0 Å². The fraction of sp³-hybridized carbons (Fsp3) is 0.421. The van der Waals surface area contributed by atoms with Crippen LogP contribution in [-0.4, -0.2) is 15.4 Å². The summed E-state index contributed by atoms with van der Waals surface area (Å²) in [6.07, 6.45) is 6.94. The number of rotatable bonds is 8. The first kappa shape index (κ1) is 19.6. The van der Waals surface area contributed by atoms with Gasteiger partial charge in [0.25, 0.3) is 0 Å². The van der Waals surface area contributed by atoms with Gasteiger partial charge >= 0.3 is 5.24 Å². The van der Waals surface area contributed by atoms with Gasteiger partial charge in [0, 0.05) is 23.3 Å². The standard InChI is InChI=1S/C19H23ClN2O2S/c1-3-4-5-9-13-19(2,23-18(25)24-20)16-12-14-21-22-17(16)15-10-7-6-8-11-15/h6-8,10-12,14H,3-5,9,13H2,1-2H3. The quantitative estimate of drug-likeness (QED) is 0.429. The zero-order chi connectivity index (χ0) is 18.1. The lowest BCUT2D eigenvalue weighted by Crippen LogP contribution is -2.30. The molecule has 0 aliphatic rings. The second kappa shape index (κ2) is 9.68. The SMILES string of the molecule is CCCCCCC(C)(OC(=S)OCl)c1ccnnc1-c1ccccc1. The van der Waals surface area contributed by atoms with Gasteiger partial charge in [0.15, 0.2) is 0 Å². The number of thiocarbonyl (C=S) groups is 1. The lowest BCUT2D eigenvalue weighted by Gasteiger charge is -2.31. The van der Waals surface area contributed by atoms with E-state index in [2.05, 4.69) is 21.4 Å². The highest BCUT2D eigenvalue weighted by molar-refractivity contribution is 7.79. The lowest BCUT2D eigenvalue weighted by atomic mass is 9.87. The molecule has 0 aliphatic heterocycles. The first-order valence-electron chi connectivity index (χ1n) is 8.50. The highest BCUT2D eigenvalue weighted by Gasteiger charge is 2.33. The van der Waals surface area contributed by atoms with Gasteiger partial charge in [-0.05, 0) is 25.8 Å². The summed E-state index contributed by atoms with van der Waals surface area (Å²) < 4.78 is 10.5. The van der Waals surface area contributed by atoms with Crippen LogP contribution in [0.3, 0.4) is 0 Å². The molecular weight excluding hydrogens is 356 g/mol. The molecule has 0 fully saturated rings. The third-order valence-electron chi connectivity index (χ3n) is 4.22. The molecule has 0 spiro atoms. The minimum atomic E-state index is -0.694. The van der Waals surface area contributed by atoms with Crippen molar-refractivity contribution in [3.8, 4) is 11.3 Å². The van der Waals surface area contributed by atoms with Crippen LogP contribution in [0.15, 0.2) is 42.6 Å². The largest absolute Gasteiger partial charge is 0.445 e. The van der Waals surface area contributed by atoms with Gasteiger partial charge < -0.3 is 9.03 Å². The molecule has 0 saturated heterocycles. The van der Waals surface area contributed by atoms with Gasteiger partial charge in [0.05, 0.1) is 6.20 Å². The molecular formula is C19H23ClN2O2S. The van der Waals surface area contributed by atoms with E-state index < -0.39 is 5.60 Å². The van der Waals surface area contributed by atoms with Crippen molar-refractivity contribution < 1.29 is 9.03 Å². The van der Waals surface area contributed by atoms with Gasteiger partial charge in [-0.15, -0.1) is 0 Å². The maximum atomic E-state index is 5.93. The predicted molar refractivity (Wildman–Crippen MR) is 104 cm³/mol. The predicted octanol–water partition coefficient (Wildman–Crippen LogP) is 5.80. The summed E-state index contributed by atoms with van der Waals surface area (Å²) in [5.74, 6) is 0. The molecule has 134 valence electrons. The molecule has 1 aromatic heterocycles. The molecule has 0 N–H and O–H groups in total. The molecule has 1 unspecified atom stereocenters. The Morgan fingerprint density at radius 1 is 1.16 bits per heavy atom. The number of hydrogen-bond acceptors (Lipinski definition) is 5. The minimum Gasteiger partial charge on any atom is -0.445 e. The number of aromatic nitrogens is 2. The summed E-state index contributed by atoms with van der Waals surface area (Å²) in [7, 11) is 0. The Bertz CT molecular complexity index is 684. The van der Waals surface area contributed by atoms with Crippen LogP contribution in [0.1, 0.15) is 51.5 Å². The highest BCUT2D eigenvalue weighted by Crippen LogP contribution is 2.37. The Balaban J connectivity index is 2.38. The van der Waals surface area contributed by atoms with E-state index in [-0.39, 0.29) is 5.24 Å². The molecule has 6 heteroatoms. The van der Waals surface area contributed by atoms with Gasteiger partial charge in [-0.2, -0.15) is 10.2 Å². The van der Waals surface area contributed by atoms with E-state index in [4.69, 9.17) is 28.8 Å². The first-order valence-corrected chi connectivity index (χ1v) is 9.21. The van der Waals surface area contributed by atoms with E-state index in [0.717, 1.165) is 36.1 Å². The topological polar surface area (TPSA) is 44.2 Å². The number of hydrogen-bond donors (Lipinski definition) is 0. The van der Waals surface area contributed by atoms with Crippen LogP contribution in [-0.2, 0) is 14.6 Å². The molecule has 1 aromatic carbocycles. The summed E-state index contributed by atoms with van der Waals surface area (Å²) >= 11 is 10.4. The van der Waals surface area contributed by atoms with Crippen molar-refractivity contribution >= 4 is 29.3 Å². The molecule has 0 bridgehead atoms. The van der Waals surface area contributed by atoms with E-state index in [1.165, 1.54) is 12.8 Å². The molecule has 0 aliphatic carbocycles. The van der Waals surface area contributed by atoms with Crippen molar-refractivity contribution in [1.29, 1.82) is 0 Å². The van der Waals surface area contributed by atoms with Crippen LogP contribution in [0.5, 0.6) is 0 Å². The van der Waals surface area contributed by atoms with Gasteiger partial charge in [-0.1, -0.05) is 56.5 Å². The third-order valence-corrected chi connectivity index (χ3v) is 4.61.